The van der Waals surface area contributed by atoms with Crippen molar-refractivity contribution in [1.82, 2.24) is 5.32 Å². The van der Waals surface area contributed by atoms with Gasteiger partial charge in [0, 0.05) is 6.04 Å². The van der Waals surface area contributed by atoms with Gasteiger partial charge in [-0.05, 0) is 20.3 Å². The number of nitrogens with one attached hydrogen (secondary N) is 1. The third-order valence-corrected chi connectivity index (χ3v) is 1.57. The lowest BCUT2D eigenvalue weighted by molar-refractivity contribution is 0.230. The average Bonchev–Trinajstić information content (AvgIpc) is 1.81. The molecule has 0 aliphatic heterocycles. The first-order chi connectivity index (χ1) is 4.49. The predicted octanol–water partition coefficient (Wildman–Crippen LogP) is 1.52. The van der Waals surface area contributed by atoms with E-state index in [1.165, 1.54) is 0 Å². The Morgan fingerprint density at radius 3 is 2.20 bits per heavy atom. The molecule has 0 aromatic rings. The fraction of sp³-hybridized carbons (Fsp3) is 1.00. The molecule has 0 saturated heterocycles. The van der Waals surface area contributed by atoms with Crippen molar-refractivity contribution in [2.24, 2.45) is 0 Å². The highest BCUT2D eigenvalue weighted by atomic mass is 127. The van der Waals surface area contributed by atoms with E-state index in [-0.39, 0.29) is 16.2 Å². The monoisotopic (exact) mass is 257 g/mol. The molecule has 1 atom stereocenters. The lowest BCUT2D eigenvalue weighted by Gasteiger charge is -2.24. The zero-order valence-electron chi connectivity index (χ0n) is 6.82. The van der Waals surface area contributed by atoms with Gasteiger partial charge in [0.1, 0.15) is 0 Å². The number of rotatable bonds is 4. The first kappa shape index (κ1) is 10.7. The summed E-state index contributed by atoms with van der Waals surface area (Å²) in [5.41, 5.74) is 0. The molecule has 0 heterocycles. The molecule has 0 spiro atoms. The van der Waals surface area contributed by atoms with Crippen LogP contribution in [0.2, 0.25) is 0 Å². The van der Waals surface area contributed by atoms with Crippen molar-refractivity contribution in [2.45, 2.75) is 36.8 Å². The third-order valence-electron chi connectivity index (χ3n) is 1.26. The molecule has 0 aromatic carbocycles. The van der Waals surface area contributed by atoms with E-state index < -0.39 is 0 Å². The molecule has 0 amide bonds. The molecule has 3 heteroatoms. The Hall–Kier alpha value is 0.650. The highest BCUT2D eigenvalue weighted by Crippen LogP contribution is 2.13. The summed E-state index contributed by atoms with van der Waals surface area (Å²) in [5, 5.41) is 12.1. The van der Waals surface area contributed by atoms with E-state index in [1.807, 2.05) is 0 Å². The van der Waals surface area contributed by atoms with Crippen molar-refractivity contribution in [3.05, 3.63) is 0 Å². The van der Waals surface area contributed by atoms with Crippen LogP contribution in [-0.4, -0.2) is 21.3 Å². The number of alkyl halides is 1. The standard InChI is InChI=1S/C7H16INO/c1-4-6(5-10)9-7(2,3)8/h6,9-10H,4-5H2,1-3H3. The summed E-state index contributed by atoms with van der Waals surface area (Å²) in [6, 6.07) is 0.242. The van der Waals surface area contributed by atoms with Crippen molar-refractivity contribution in [1.29, 1.82) is 0 Å². The number of aliphatic hydroxyl groups excluding tert-OH is 1. The predicted molar refractivity (Wildman–Crippen MR) is 52.4 cm³/mol. The third kappa shape index (κ3) is 5.44. The van der Waals surface area contributed by atoms with Gasteiger partial charge < -0.3 is 5.11 Å². The van der Waals surface area contributed by atoms with Crippen molar-refractivity contribution >= 4 is 22.6 Å². The molecule has 10 heavy (non-hydrogen) atoms. The lowest BCUT2D eigenvalue weighted by atomic mass is 10.2. The maximum absolute atomic E-state index is 8.82. The molecule has 1 unspecified atom stereocenters. The first-order valence-corrected chi connectivity index (χ1v) is 4.65. The Labute approximate surface area is 76.5 Å². The van der Waals surface area contributed by atoms with Crippen molar-refractivity contribution in [3.8, 4) is 0 Å². The Morgan fingerprint density at radius 2 is 2.10 bits per heavy atom. The minimum Gasteiger partial charge on any atom is -0.395 e. The highest BCUT2D eigenvalue weighted by Gasteiger charge is 2.15. The van der Waals surface area contributed by atoms with Gasteiger partial charge in [0.15, 0.2) is 0 Å². The van der Waals surface area contributed by atoms with Gasteiger partial charge in [-0.1, -0.05) is 29.5 Å². The van der Waals surface area contributed by atoms with Crippen LogP contribution in [0.4, 0.5) is 0 Å². The van der Waals surface area contributed by atoms with Gasteiger partial charge in [0.25, 0.3) is 0 Å². The number of aliphatic hydroxyl groups is 1. The second-order valence-electron chi connectivity index (χ2n) is 2.90. The molecule has 0 bridgehead atoms. The van der Waals surface area contributed by atoms with Gasteiger partial charge in [-0.2, -0.15) is 0 Å². The van der Waals surface area contributed by atoms with Crippen molar-refractivity contribution < 1.29 is 5.11 Å². The van der Waals surface area contributed by atoms with Gasteiger partial charge in [-0.25, -0.2) is 0 Å². The molecule has 62 valence electrons. The van der Waals surface area contributed by atoms with Gasteiger partial charge in [0.05, 0.1) is 10.2 Å². The lowest BCUT2D eigenvalue weighted by Crippen LogP contribution is -2.42. The Balaban J connectivity index is 3.63. The van der Waals surface area contributed by atoms with E-state index in [0.717, 1.165) is 6.42 Å². The van der Waals surface area contributed by atoms with Crippen molar-refractivity contribution in [2.75, 3.05) is 6.61 Å². The van der Waals surface area contributed by atoms with E-state index >= 15 is 0 Å². The quantitative estimate of drug-likeness (QED) is 0.454. The van der Waals surface area contributed by atoms with E-state index in [9.17, 15) is 0 Å². The van der Waals surface area contributed by atoms with Crippen LogP contribution in [0.1, 0.15) is 27.2 Å². The van der Waals surface area contributed by atoms with Crippen LogP contribution in [0.15, 0.2) is 0 Å². The topological polar surface area (TPSA) is 32.3 Å². The molecule has 0 radical (unpaired) electrons. The zero-order chi connectivity index (χ0) is 8.20. The first-order valence-electron chi connectivity index (χ1n) is 3.57. The fourth-order valence-electron chi connectivity index (χ4n) is 0.762. The fourth-order valence-corrected chi connectivity index (χ4v) is 1.20. The van der Waals surface area contributed by atoms with Crippen LogP contribution in [0.5, 0.6) is 0 Å². The van der Waals surface area contributed by atoms with Crippen LogP contribution >= 0.6 is 22.6 Å². The SMILES string of the molecule is CCC(CO)NC(C)(C)I. The van der Waals surface area contributed by atoms with Gasteiger partial charge >= 0.3 is 0 Å². The molecule has 2 nitrogen and oxygen atoms in total. The van der Waals surface area contributed by atoms with Crippen LogP contribution in [0.3, 0.4) is 0 Å². The zero-order valence-corrected chi connectivity index (χ0v) is 8.97. The summed E-state index contributed by atoms with van der Waals surface area (Å²) in [5.74, 6) is 0. The van der Waals surface area contributed by atoms with E-state index in [0.29, 0.717) is 0 Å². The average molecular weight is 257 g/mol. The second kappa shape index (κ2) is 4.51. The smallest absolute Gasteiger partial charge is 0.0651 e. The van der Waals surface area contributed by atoms with Gasteiger partial charge in [-0.3, -0.25) is 5.32 Å². The molecule has 0 aromatic heterocycles. The van der Waals surface area contributed by atoms with E-state index in [2.05, 4.69) is 48.7 Å². The molecular formula is C7H16INO. The molecule has 0 aliphatic carbocycles. The highest BCUT2D eigenvalue weighted by molar-refractivity contribution is 14.1. The Morgan fingerprint density at radius 1 is 1.60 bits per heavy atom. The normalized spacial score (nSPS) is 15.3. The number of hydrogen-bond donors (Lipinski definition) is 2. The Kier molecular flexibility index (Phi) is 4.81. The minimum atomic E-state index is 0.0845. The van der Waals surface area contributed by atoms with E-state index in [1.54, 1.807) is 0 Å². The summed E-state index contributed by atoms with van der Waals surface area (Å²) in [7, 11) is 0. The summed E-state index contributed by atoms with van der Waals surface area (Å²) in [6.45, 7) is 6.47. The van der Waals surface area contributed by atoms with Gasteiger partial charge in [0.2, 0.25) is 0 Å². The molecule has 0 fully saturated rings. The molecule has 0 aliphatic rings. The van der Waals surface area contributed by atoms with Crippen LogP contribution < -0.4 is 5.32 Å². The van der Waals surface area contributed by atoms with Crippen LogP contribution in [0, 0.1) is 0 Å². The summed E-state index contributed by atoms with van der Waals surface area (Å²) in [6.07, 6.45) is 0.975. The summed E-state index contributed by atoms with van der Waals surface area (Å²) < 4.78 is 0.0845. The van der Waals surface area contributed by atoms with E-state index in [4.69, 9.17) is 5.11 Å². The van der Waals surface area contributed by atoms with Gasteiger partial charge in [-0.15, -0.1) is 0 Å². The van der Waals surface area contributed by atoms with Crippen LogP contribution in [0.25, 0.3) is 0 Å². The number of halogens is 1. The molecule has 0 saturated carbocycles. The largest absolute Gasteiger partial charge is 0.395 e. The minimum absolute atomic E-state index is 0.0845. The molecule has 2 N–H and O–H groups in total. The molecule has 0 rings (SSSR count). The Bertz CT molecular complexity index is 86.1. The van der Waals surface area contributed by atoms with Crippen LogP contribution in [-0.2, 0) is 0 Å². The maximum atomic E-state index is 8.82. The van der Waals surface area contributed by atoms with Crippen molar-refractivity contribution in [3.63, 3.8) is 0 Å². The summed E-state index contributed by atoms with van der Waals surface area (Å²) in [4.78, 5) is 0. The maximum Gasteiger partial charge on any atom is 0.0651 e. The number of hydrogen-bond acceptors (Lipinski definition) is 2. The second-order valence-corrected chi connectivity index (χ2v) is 5.60. The summed E-state index contributed by atoms with van der Waals surface area (Å²) >= 11 is 2.32. The molecular weight excluding hydrogens is 241 g/mol.